The Hall–Kier alpha value is -1.23. The smallest absolute Gasteiger partial charge is 0.304 e. The molecule has 1 atom stereocenters. The molecule has 0 rings (SSSR count). The van der Waals surface area contributed by atoms with Crippen LogP contribution in [0.4, 0.5) is 0 Å². The van der Waals surface area contributed by atoms with Crippen molar-refractivity contribution < 1.29 is 14.7 Å². The second kappa shape index (κ2) is 8.87. The molecule has 0 heterocycles. The molecule has 0 aliphatic heterocycles. The molecular weight excluding hydrogens is 238 g/mol. The van der Waals surface area contributed by atoms with Crippen molar-refractivity contribution in [2.24, 2.45) is 0 Å². The molecule has 0 aromatic heterocycles. The van der Waals surface area contributed by atoms with E-state index >= 15 is 0 Å². The zero-order valence-electron chi connectivity index (χ0n) is 10.1. The second-order valence-corrected chi connectivity index (χ2v) is 5.02. The Morgan fingerprint density at radius 1 is 1.35 bits per heavy atom. The number of amides is 1. The Morgan fingerprint density at radius 3 is 2.29 bits per heavy atom. The highest BCUT2D eigenvalue weighted by atomic mass is 32.2. The summed E-state index contributed by atoms with van der Waals surface area (Å²) in [6.45, 7) is 9.95. The molecule has 0 spiro atoms. The first kappa shape index (κ1) is 15.8. The van der Waals surface area contributed by atoms with Crippen LogP contribution in [-0.2, 0) is 9.59 Å². The van der Waals surface area contributed by atoms with E-state index in [4.69, 9.17) is 5.11 Å². The number of rotatable bonds is 9. The molecule has 0 aliphatic carbocycles. The first-order valence-corrected chi connectivity index (χ1v) is 6.39. The number of hydrogen-bond acceptors (Lipinski definition) is 3. The third-order valence-electron chi connectivity index (χ3n) is 2.01. The van der Waals surface area contributed by atoms with E-state index < -0.39 is 5.97 Å². The third-order valence-corrected chi connectivity index (χ3v) is 3.15. The summed E-state index contributed by atoms with van der Waals surface area (Å²) >= 11 is 1.35. The SMILES string of the molecule is C=CCN(CC=C)C(=O)CSC(C)CC(=O)O. The minimum Gasteiger partial charge on any atom is -0.481 e. The number of nitrogens with zero attached hydrogens (tertiary/aromatic N) is 1. The first-order chi connectivity index (χ1) is 8.01. The van der Waals surface area contributed by atoms with Crippen LogP contribution in [0.1, 0.15) is 13.3 Å². The van der Waals surface area contributed by atoms with Crippen LogP contribution in [0.15, 0.2) is 25.3 Å². The van der Waals surface area contributed by atoms with E-state index in [0.29, 0.717) is 13.1 Å². The highest BCUT2D eigenvalue weighted by Gasteiger charge is 2.14. The Kier molecular flexibility index (Phi) is 8.23. The fraction of sp³-hybridized carbons (Fsp3) is 0.500. The minimum atomic E-state index is -0.841. The van der Waals surface area contributed by atoms with Crippen LogP contribution in [0.5, 0.6) is 0 Å². The van der Waals surface area contributed by atoms with Crippen molar-refractivity contribution in [2.45, 2.75) is 18.6 Å². The van der Waals surface area contributed by atoms with E-state index in [-0.39, 0.29) is 23.3 Å². The average molecular weight is 257 g/mol. The van der Waals surface area contributed by atoms with Crippen molar-refractivity contribution in [3.05, 3.63) is 25.3 Å². The summed E-state index contributed by atoms with van der Waals surface area (Å²) in [5, 5.41) is 8.53. The minimum absolute atomic E-state index is 0.0213. The van der Waals surface area contributed by atoms with E-state index in [1.165, 1.54) is 11.8 Å². The summed E-state index contributed by atoms with van der Waals surface area (Å²) in [7, 11) is 0. The Labute approximate surface area is 106 Å². The number of carbonyl (C=O) groups excluding carboxylic acids is 1. The van der Waals surface area contributed by atoms with Gasteiger partial charge in [-0.3, -0.25) is 9.59 Å². The lowest BCUT2D eigenvalue weighted by Gasteiger charge is -2.19. The van der Waals surface area contributed by atoms with Crippen LogP contribution in [0, 0.1) is 0 Å². The molecular formula is C12H19NO3S. The van der Waals surface area contributed by atoms with E-state index in [2.05, 4.69) is 13.2 Å². The number of carbonyl (C=O) groups is 2. The van der Waals surface area contributed by atoms with Gasteiger partial charge in [-0.1, -0.05) is 19.1 Å². The number of hydrogen-bond donors (Lipinski definition) is 1. The zero-order chi connectivity index (χ0) is 13.3. The fourth-order valence-electron chi connectivity index (χ4n) is 1.20. The molecule has 0 aliphatic rings. The van der Waals surface area contributed by atoms with Gasteiger partial charge in [0.15, 0.2) is 0 Å². The number of thioether (sulfide) groups is 1. The molecule has 0 bridgehead atoms. The summed E-state index contributed by atoms with van der Waals surface area (Å²) < 4.78 is 0. The normalized spacial score (nSPS) is 11.6. The lowest BCUT2D eigenvalue weighted by atomic mass is 10.3. The predicted molar refractivity (Wildman–Crippen MR) is 71.1 cm³/mol. The van der Waals surface area contributed by atoms with Crippen LogP contribution in [0.25, 0.3) is 0 Å². The van der Waals surface area contributed by atoms with Gasteiger partial charge in [-0.25, -0.2) is 0 Å². The molecule has 0 fully saturated rings. The zero-order valence-corrected chi connectivity index (χ0v) is 10.9. The molecule has 4 nitrogen and oxygen atoms in total. The summed E-state index contributed by atoms with van der Waals surface area (Å²) in [5.74, 6) is -0.575. The monoisotopic (exact) mass is 257 g/mol. The van der Waals surface area contributed by atoms with Gasteiger partial charge >= 0.3 is 5.97 Å². The Balaban J connectivity index is 4.07. The lowest BCUT2D eigenvalue weighted by Crippen LogP contribution is -2.33. The van der Waals surface area contributed by atoms with Crippen molar-refractivity contribution in [2.75, 3.05) is 18.8 Å². The molecule has 1 unspecified atom stereocenters. The molecule has 96 valence electrons. The number of carboxylic acids is 1. The average Bonchev–Trinajstić information content (AvgIpc) is 2.24. The maximum absolute atomic E-state index is 11.8. The molecule has 5 heteroatoms. The number of carboxylic acid groups (broad SMARTS) is 1. The quantitative estimate of drug-likeness (QED) is 0.640. The van der Waals surface area contributed by atoms with Crippen LogP contribution in [0.2, 0.25) is 0 Å². The largest absolute Gasteiger partial charge is 0.481 e. The fourth-order valence-corrected chi connectivity index (χ4v) is 2.07. The predicted octanol–water partition coefficient (Wildman–Crippen LogP) is 1.78. The van der Waals surface area contributed by atoms with E-state index in [1.54, 1.807) is 24.0 Å². The number of aliphatic carboxylic acids is 1. The topological polar surface area (TPSA) is 57.6 Å². The maximum atomic E-state index is 11.8. The Morgan fingerprint density at radius 2 is 1.88 bits per heavy atom. The third kappa shape index (κ3) is 7.63. The van der Waals surface area contributed by atoms with Crippen molar-refractivity contribution in [1.29, 1.82) is 0 Å². The van der Waals surface area contributed by atoms with Crippen LogP contribution >= 0.6 is 11.8 Å². The summed E-state index contributed by atoms with van der Waals surface area (Å²) in [6, 6.07) is 0. The second-order valence-electron chi connectivity index (χ2n) is 3.60. The van der Waals surface area contributed by atoms with Gasteiger partial charge in [-0.2, -0.15) is 0 Å². The van der Waals surface area contributed by atoms with Crippen LogP contribution in [0.3, 0.4) is 0 Å². The molecule has 0 aromatic carbocycles. The lowest BCUT2D eigenvalue weighted by molar-refractivity contribution is -0.137. The van der Waals surface area contributed by atoms with Crippen molar-refractivity contribution in [3.8, 4) is 0 Å². The standard InChI is InChI=1S/C12H19NO3S/c1-4-6-13(7-5-2)11(14)9-17-10(3)8-12(15)16/h4-5,10H,1-2,6-9H2,3H3,(H,15,16). The van der Waals surface area contributed by atoms with E-state index in [1.807, 2.05) is 0 Å². The van der Waals surface area contributed by atoms with Gasteiger partial charge in [0.05, 0.1) is 12.2 Å². The molecule has 0 saturated heterocycles. The Bertz CT molecular complexity index is 281. The van der Waals surface area contributed by atoms with Crippen molar-refractivity contribution in [1.82, 2.24) is 4.90 Å². The van der Waals surface area contributed by atoms with E-state index in [0.717, 1.165) is 0 Å². The summed E-state index contributed by atoms with van der Waals surface area (Å²) in [5.41, 5.74) is 0. The van der Waals surface area contributed by atoms with E-state index in [9.17, 15) is 9.59 Å². The van der Waals surface area contributed by atoms with Gasteiger partial charge in [0.25, 0.3) is 0 Å². The molecule has 0 aromatic rings. The van der Waals surface area contributed by atoms with Gasteiger partial charge in [-0.05, 0) is 0 Å². The van der Waals surface area contributed by atoms with Crippen LogP contribution < -0.4 is 0 Å². The molecule has 0 radical (unpaired) electrons. The highest BCUT2D eigenvalue weighted by molar-refractivity contribution is 8.00. The van der Waals surface area contributed by atoms with Gasteiger partial charge in [0.1, 0.15) is 0 Å². The van der Waals surface area contributed by atoms with Gasteiger partial charge in [-0.15, -0.1) is 24.9 Å². The van der Waals surface area contributed by atoms with Crippen LogP contribution in [-0.4, -0.2) is 46.0 Å². The summed E-state index contributed by atoms with van der Waals surface area (Å²) in [6.07, 6.45) is 3.39. The van der Waals surface area contributed by atoms with Gasteiger partial charge in [0, 0.05) is 18.3 Å². The van der Waals surface area contributed by atoms with Crippen molar-refractivity contribution >= 4 is 23.6 Å². The van der Waals surface area contributed by atoms with Crippen molar-refractivity contribution in [3.63, 3.8) is 0 Å². The molecule has 0 saturated carbocycles. The van der Waals surface area contributed by atoms with Gasteiger partial charge < -0.3 is 10.0 Å². The molecule has 1 N–H and O–H groups in total. The first-order valence-electron chi connectivity index (χ1n) is 5.34. The summed E-state index contributed by atoms with van der Waals surface area (Å²) in [4.78, 5) is 23.9. The highest BCUT2D eigenvalue weighted by Crippen LogP contribution is 2.14. The molecule has 1 amide bonds. The van der Waals surface area contributed by atoms with Gasteiger partial charge in [0.2, 0.25) is 5.91 Å². The maximum Gasteiger partial charge on any atom is 0.304 e. The molecule has 17 heavy (non-hydrogen) atoms.